The van der Waals surface area contributed by atoms with Crippen molar-refractivity contribution in [2.45, 2.75) is 23.0 Å². The molecule has 1 atom stereocenters. The fraction of sp³-hybridized carbons (Fsp3) is 0.538. The maximum Gasteiger partial charge on any atom is 0.244 e. The summed E-state index contributed by atoms with van der Waals surface area (Å²) in [5, 5.41) is 3.88. The molecule has 0 spiro atoms. The highest BCUT2D eigenvalue weighted by atomic mass is 32.2. The molecule has 1 fully saturated rings. The number of rotatable bonds is 5. The summed E-state index contributed by atoms with van der Waals surface area (Å²) in [6, 6.07) is 7.10. The van der Waals surface area contributed by atoms with Gasteiger partial charge < -0.3 is 5.32 Å². The smallest absolute Gasteiger partial charge is 0.244 e. The van der Waals surface area contributed by atoms with E-state index in [0.717, 1.165) is 6.54 Å². The van der Waals surface area contributed by atoms with E-state index in [0.29, 0.717) is 15.8 Å². The van der Waals surface area contributed by atoms with E-state index in [9.17, 15) is 8.42 Å². The van der Waals surface area contributed by atoms with Gasteiger partial charge in [-0.3, -0.25) is 0 Å². The first-order chi connectivity index (χ1) is 9.01. The maximum absolute atomic E-state index is 12.2. The first-order valence-electron chi connectivity index (χ1n) is 6.39. The van der Waals surface area contributed by atoms with Crippen LogP contribution in [0.25, 0.3) is 0 Å². The molecule has 0 aliphatic carbocycles. The van der Waals surface area contributed by atoms with Crippen molar-refractivity contribution in [3.8, 4) is 0 Å². The molecule has 1 aromatic carbocycles. The number of nitrogens with one attached hydrogen (secondary N) is 1. The van der Waals surface area contributed by atoms with Gasteiger partial charge in [-0.05, 0) is 30.7 Å². The maximum atomic E-state index is 12.2. The van der Waals surface area contributed by atoms with E-state index in [1.807, 2.05) is 23.9 Å². The van der Waals surface area contributed by atoms with Gasteiger partial charge in [-0.2, -0.15) is 11.8 Å². The Morgan fingerprint density at radius 1 is 1.37 bits per heavy atom. The average Bonchev–Trinajstić information content (AvgIpc) is 2.89. The molecular formula is C13H20N2O2S2. The first kappa shape index (κ1) is 14.7. The molecule has 1 unspecified atom stereocenters. The number of sulfonamides is 1. The lowest BCUT2D eigenvalue weighted by molar-refractivity contribution is 0.521. The Bertz CT molecular complexity index is 523. The highest BCUT2D eigenvalue weighted by molar-refractivity contribution is 8.00. The van der Waals surface area contributed by atoms with Crippen LogP contribution in [0.15, 0.2) is 29.2 Å². The predicted octanol–water partition coefficient (Wildman–Crippen LogP) is 2.24. The van der Waals surface area contributed by atoms with Crippen LogP contribution < -0.4 is 5.32 Å². The van der Waals surface area contributed by atoms with Crippen molar-refractivity contribution in [1.29, 1.82) is 0 Å². The molecule has 0 amide bonds. The fourth-order valence-corrected chi connectivity index (χ4v) is 4.33. The van der Waals surface area contributed by atoms with Gasteiger partial charge in [-0.25, -0.2) is 12.7 Å². The molecule has 0 bridgehead atoms. The minimum absolute atomic E-state index is 0.350. The zero-order valence-corrected chi connectivity index (χ0v) is 12.9. The van der Waals surface area contributed by atoms with Crippen LogP contribution in [0, 0.1) is 0 Å². The second-order valence-corrected chi connectivity index (χ2v) is 8.33. The summed E-state index contributed by atoms with van der Waals surface area (Å²) in [6.07, 6.45) is 2.47. The highest BCUT2D eigenvalue weighted by Gasteiger charge is 2.22. The van der Waals surface area contributed by atoms with Gasteiger partial charge in [0.2, 0.25) is 10.0 Å². The second-order valence-electron chi connectivity index (χ2n) is 4.80. The number of hydrogen-bond acceptors (Lipinski definition) is 4. The van der Waals surface area contributed by atoms with Gasteiger partial charge in [0, 0.05) is 25.9 Å². The number of hydrogen-bond donors (Lipinski definition) is 1. The minimum Gasteiger partial charge on any atom is -0.383 e. The van der Waals surface area contributed by atoms with E-state index in [-0.39, 0.29) is 0 Å². The standard InChI is InChI=1S/C13H20N2O2S2/c1-15(2)19(16,17)13-8-4-3-7-12(13)14-10-11-6-5-9-18-11/h3-4,7-8,11,14H,5-6,9-10H2,1-2H3. The summed E-state index contributed by atoms with van der Waals surface area (Å²) >= 11 is 1.96. The van der Waals surface area contributed by atoms with Crippen LogP contribution in [0.5, 0.6) is 0 Å². The number of thioether (sulfide) groups is 1. The summed E-state index contributed by atoms with van der Waals surface area (Å²) in [7, 11) is -0.280. The fourth-order valence-electron chi connectivity index (χ4n) is 2.06. The van der Waals surface area contributed by atoms with Gasteiger partial charge in [0.1, 0.15) is 4.90 Å². The van der Waals surface area contributed by atoms with E-state index in [1.165, 1.54) is 22.9 Å². The molecule has 6 heteroatoms. The highest BCUT2D eigenvalue weighted by Crippen LogP contribution is 2.28. The third kappa shape index (κ3) is 3.43. The number of anilines is 1. The van der Waals surface area contributed by atoms with E-state index in [2.05, 4.69) is 5.32 Å². The van der Waals surface area contributed by atoms with Gasteiger partial charge in [0.25, 0.3) is 0 Å². The van der Waals surface area contributed by atoms with Crippen molar-refractivity contribution in [2.75, 3.05) is 31.7 Å². The first-order valence-corrected chi connectivity index (χ1v) is 8.88. The Kier molecular flexibility index (Phi) is 4.76. The summed E-state index contributed by atoms with van der Waals surface area (Å²) in [6.45, 7) is 0.824. The number of para-hydroxylation sites is 1. The lowest BCUT2D eigenvalue weighted by atomic mass is 10.2. The molecule has 2 rings (SSSR count). The Balaban J connectivity index is 2.16. The quantitative estimate of drug-likeness (QED) is 0.906. The van der Waals surface area contributed by atoms with Crippen molar-refractivity contribution in [1.82, 2.24) is 4.31 Å². The van der Waals surface area contributed by atoms with Crippen molar-refractivity contribution in [3.63, 3.8) is 0 Å². The Hall–Kier alpha value is -0.720. The topological polar surface area (TPSA) is 49.4 Å². The van der Waals surface area contributed by atoms with Gasteiger partial charge in [-0.15, -0.1) is 0 Å². The average molecular weight is 300 g/mol. The van der Waals surface area contributed by atoms with Gasteiger partial charge in [-0.1, -0.05) is 12.1 Å². The van der Waals surface area contributed by atoms with Crippen LogP contribution in [0.4, 0.5) is 5.69 Å². The Labute approximate surface area is 119 Å². The molecule has 19 heavy (non-hydrogen) atoms. The predicted molar refractivity (Wildman–Crippen MR) is 81.3 cm³/mol. The van der Waals surface area contributed by atoms with Crippen LogP contribution >= 0.6 is 11.8 Å². The molecule has 1 aromatic rings. The third-order valence-corrected chi connectivity index (χ3v) is 6.46. The van der Waals surface area contributed by atoms with Crippen molar-refractivity contribution >= 4 is 27.5 Å². The molecule has 0 aromatic heterocycles. The van der Waals surface area contributed by atoms with Crippen LogP contribution in [-0.4, -0.2) is 44.4 Å². The molecule has 106 valence electrons. The minimum atomic E-state index is -3.39. The molecule has 1 heterocycles. The normalized spacial score (nSPS) is 19.8. The molecule has 1 N–H and O–H groups in total. The second kappa shape index (κ2) is 6.15. The monoisotopic (exact) mass is 300 g/mol. The lowest BCUT2D eigenvalue weighted by Gasteiger charge is -2.17. The van der Waals surface area contributed by atoms with Gasteiger partial charge >= 0.3 is 0 Å². The molecular weight excluding hydrogens is 280 g/mol. The molecule has 4 nitrogen and oxygen atoms in total. The van der Waals surface area contributed by atoms with Gasteiger partial charge in [0.05, 0.1) is 5.69 Å². The zero-order valence-electron chi connectivity index (χ0n) is 11.3. The summed E-state index contributed by atoms with van der Waals surface area (Å²) in [5.74, 6) is 1.21. The van der Waals surface area contributed by atoms with Crippen molar-refractivity contribution in [3.05, 3.63) is 24.3 Å². The SMILES string of the molecule is CN(C)S(=O)(=O)c1ccccc1NCC1CCCS1. The van der Waals surface area contributed by atoms with E-state index < -0.39 is 10.0 Å². The molecule has 0 saturated carbocycles. The summed E-state index contributed by atoms with van der Waals surface area (Å²) < 4.78 is 25.7. The van der Waals surface area contributed by atoms with Crippen LogP contribution in [0.2, 0.25) is 0 Å². The Morgan fingerprint density at radius 3 is 2.74 bits per heavy atom. The van der Waals surface area contributed by atoms with Gasteiger partial charge in [0.15, 0.2) is 0 Å². The zero-order chi connectivity index (χ0) is 13.9. The lowest BCUT2D eigenvalue weighted by Crippen LogP contribution is -2.24. The van der Waals surface area contributed by atoms with Crippen molar-refractivity contribution < 1.29 is 8.42 Å². The molecule has 1 aliphatic heterocycles. The van der Waals surface area contributed by atoms with Crippen LogP contribution in [0.1, 0.15) is 12.8 Å². The van der Waals surface area contributed by atoms with Crippen LogP contribution in [0.3, 0.4) is 0 Å². The summed E-state index contributed by atoms with van der Waals surface area (Å²) in [4.78, 5) is 0.350. The van der Waals surface area contributed by atoms with Crippen LogP contribution in [-0.2, 0) is 10.0 Å². The largest absolute Gasteiger partial charge is 0.383 e. The van der Waals surface area contributed by atoms with E-state index in [1.54, 1.807) is 26.2 Å². The number of nitrogens with zero attached hydrogens (tertiary/aromatic N) is 1. The number of benzene rings is 1. The Morgan fingerprint density at radius 2 is 2.11 bits per heavy atom. The third-order valence-electron chi connectivity index (χ3n) is 3.19. The van der Waals surface area contributed by atoms with E-state index in [4.69, 9.17) is 0 Å². The molecule has 1 saturated heterocycles. The van der Waals surface area contributed by atoms with E-state index >= 15 is 0 Å². The van der Waals surface area contributed by atoms with Crippen molar-refractivity contribution in [2.24, 2.45) is 0 Å². The summed E-state index contributed by atoms with van der Waals surface area (Å²) in [5.41, 5.74) is 0.698. The molecule has 0 radical (unpaired) electrons. The molecule has 1 aliphatic rings.